The second kappa shape index (κ2) is 38.6. The molecule has 3 fully saturated rings. The quantitative estimate of drug-likeness (QED) is 0.00661. The molecule has 0 bridgehead atoms. The number of hydrogen-bond acceptors (Lipinski definition) is 24. The van der Waals surface area contributed by atoms with Crippen molar-refractivity contribution < 1.29 is 111 Å². The Balaban J connectivity index is 1.39. The van der Waals surface area contributed by atoms with E-state index in [9.17, 15) is 35.5 Å². The summed E-state index contributed by atoms with van der Waals surface area (Å²) < 4.78 is 78.9. The Kier molecular flexibility index (Phi) is 32.3. The first-order valence-corrected chi connectivity index (χ1v) is 28.3. The molecule has 82 heavy (non-hydrogen) atoms. The fourth-order valence-corrected chi connectivity index (χ4v) is 9.70. The van der Waals surface area contributed by atoms with E-state index in [2.05, 4.69) is 20.1 Å². The number of carbonyl (C=O) groups is 3. The topological polar surface area (TPSA) is 321 Å². The van der Waals surface area contributed by atoms with Gasteiger partial charge in [-0.15, -0.1) is 0 Å². The van der Waals surface area contributed by atoms with Crippen molar-refractivity contribution in [3.8, 4) is 0 Å². The molecule has 3 heterocycles. The first-order valence-electron chi connectivity index (χ1n) is 27.4. The number of benzene rings is 2. The van der Waals surface area contributed by atoms with Gasteiger partial charge < -0.3 is 9.64 Å². The molecule has 30 heteroatoms. The van der Waals surface area contributed by atoms with Gasteiger partial charge in [0.15, 0.2) is 0 Å². The standard InChI is InChI=1S/C52H77B2N4O23P/c1-6-9-26-67-39-40(68-27-10-7-2)46(78-81-64)51(76-43(39)47(60)65-4)73-37-35(31-59)72-49(36(56-57-55)38(37)79-82-54-53)74-42-41(69-28-11-8-3)45(77-80-63)50(75-44(42)48(61)66-5)70-29-20-14-19-25-58(30-33-21-15-12-16-22-33)52(62)71-32-34-23-17-13-18-24-34/h12-13,15-18,21-24,35-46,49-51,59,63-64H,6-11,14,19-20,25-32H2,1-5H3/t35?,36?,37-,38-,39+,40-,41-,42+,43?,44?,45?,46?,49-,50+,51-/m1/s1. The molecule has 454 valence electrons. The second-order valence-corrected chi connectivity index (χ2v) is 19.8. The summed E-state index contributed by atoms with van der Waals surface area (Å²) in [6.07, 6.45) is -16.4. The van der Waals surface area contributed by atoms with Crippen LogP contribution in [-0.2, 0) is 104 Å². The number of methoxy groups -OCH3 is 2. The van der Waals surface area contributed by atoms with Crippen LogP contribution < -0.4 is 0 Å². The summed E-state index contributed by atoms with van der Waals surface area (Å²) in [5.74, 6) is -1.86. The Bertz CT molecular complexity index is 2200. The van der Waals surface area contributed by atoms with Gasteiger partial charge in [-0.2, -0.15) is 0 Å². The van der Waals surface area contributed by atoms with Gasteiger partial charge in [0.05, 0.1) is 0 Å². The molecule has 6 unspecified atom stereocenters. The average Bonchev–Trinajstić information content (AvgIpc) is 3.03. The maximum atomic E-state index is 13.9. The minimum absolute atomic E-state index is 0.00835. The predicted molar refractivity (Wildman–Crippen MR) is 287 cm³/mol. The van der Waals surface area contributed by atoms with E-state index in [-0.39, 0.29) is 41.3 Å². The molecular formula is C52H77B2N4O23P. The summed E-state index contributed by atoms with van der Waals surface area (Å²) in [6.45, 7) is 7.18. The molecule has 5 rings (SSSR count). The van der Waals surface area contributed by atoms with Crippen LogP contribution >= 0.6 is 8.30 Å². The number of aliphatic hydroxyl groups is 1. The van der Waals surface area contributed by atoms with Gasteiger partial charge in [-0.1, -0.05) is 87.9 Å². The molecule has 3 N–H and O–H groups in total. The van der Waals surface area contributed by atoms with E-state index in [0.717, 1.165) is 44.7 Å². The Morgan fingerprint density at radius 1 is 0.659 bits per heavy atom. The number of amides is 1. The number of aliphatic hydroxyl groups excluding tert-OH is 1. The van der Waals surface area contributed by atoms with Crippen molar-refractivity contribution in [3.05, 3.63) is 82.2 Å². The Morgan fingerprint density at radius 3 is 1.76 bits per heavy atom. The second-order valence-electron chi connectivity index (χ2n) is 19.1. The zero-order valence-electron chi connectivity index (χ0n) is 46.9. The summed E-state index contributed by atoms with van der Waals surface area (Å²) in [5.41, 5.74) is 11.9. The van der Waals surface area contributed by atoms with Crippen LogP contribution in [0.1, 0.15) is 89.7 Å². The summed E-state index contributed by atoms with van der Waals surface area (Å²) in [5, 5.41) is 43.0. The number of carbonyl (C=O) groups excluding carboxylic acids is 3. The van der Waals surface area contributed by atoms with Gasteiger partial charge in [0.1, 0.15) is 6.61 Å². The van der Waals surface area contributed by atoms with Crippen molar-refractivity contribution in [3.63, 3.8) is 0 Å². The van der Waals surface area contributed by atoms with Crippen molar-refractivity contribution in [2.24, 2.45) is 5.11 Å². The van der Waals surface area contributed by atoms with Crippen LogP contribution in [0.5, 0.6) is 0 Å². The molecule has 0 spiro atoms. The molecule has 1 amide bonds. The SMILES string of the molecule is [B]B=PO[C@@H]1C(N=[N+]=[N-])[C@@H](O[C@@H]2C(C(=O)OC)O[C@H](OCCCCCN(Cc3ccccc3)C(=O)OCc3ccccc3)C(OOO)[C@@H]2OCCCC)OC(CO)[C@H]1O[C@@H]1OC(C(=O)OC)[C@@H](OCCCC)[C@@H](OCCCC)C1OOO. The van der Waals surface area contributed by atoms with Gasteiger partial charge >= 0.3 is 329 Å². The molecule has 2 radical (unpaired) electrons. The molecule has 2 aromatic carbocycles. The van der Waals surface area contributed by atoms with E-state index >= 15 is 0 Å². The minimum atomic E-state index is -1.77. The molecule has 0 saturated carbocycles. The number of nitrogens with zero attached hydrogens (tertiary/aromatic N) is 4. The first kappa shape index (κ1) is 68.5. The van der Waals surface area contributed by atoms with Gasteiger partial charge in [0.25, 0.3) is 0 Å². The number of ether oxygens (including phenoxy) is 12. The zero-order valence-corrected chi connectivity index (χ0v) is 47.7. The summed E-state index contributed by atoms with van der Waals surface area (Å²) in [4.78, 5) is 56.0. The molecule has 2 aromatic rings. The number of unbranched alkanes of at least 4 members (excludes halogenated alkanes) is 5. The predicted octanol–water partition coefficient (Wildman–Crippen LogP) is 6.06. The Labute approximate surface area is 480 Å². The molecule has 3 saturated heterocycles. The molecule has 0 aromatic heterocycles. The third kappa shape index (κ3) is 20.5. The molecule has 15 atom stereocenters. The Hall–Kier alpha value is -4.29. The number of hydrogen-bond donors (Lipinski definition) is 3. The fourth-order valence-electron chi connectivity index (χ4n) is 9.25. The van der Waals surface area contributed by atoms with Crippen molar-refractivity contribution in [2.45, 2.75) is 184 Å². The van der Waals surface area contributed by atoms with Gasteiger partial charge in [0.2, 0.25) is 0 Å². The first-order chi connectivity index (χ1) is 40.1. The normalized spacial score (nSPS) is 28.2. The van der Waals surface area contributed by atoms with E-state index in [1.54, 1.807) is 4.90 Å². The average molecular weight is 1180 g/mol. The fraction of sp³-hybridized carbons (Fsp3) is 0.712. The molecular weight excluding hydrogens is 1100 g/mol. The Morgan fingerprint density at radius 2 is 1.20 bits per heavy atom. The van der Waals surface area contributed by atoms with E-state index in [1.807, 2.05) is 81.4 Å². The van der Waals surface area contributed by atoms with Gasteiger partial charge in [-0.25, -0.2) is 4.79 Å². The van der Waals surface area contributed by atoms with Crippen molar-refractivity contribution in [1.82, 2.24) is 4.90 Å². The molecule has 3 aliphatic heterocycles. The third-order valence-electron chi connectivity index (χ3n) is 13.4. The van der Waals surface area contributed by atoms with Crippen molar-refractivity contribution >= 4 is 40.6 Å². The van der Waals surface area contributed by atoms with Gasteiger partial charge in [-0.3, -0.25) is 0 Å². The van der Waals surface area contributed by atoms with Crippen LogP contribution in [0.3, 0.4) is 0 Å². The van der Waals surface area contributed by atoms with Crippen LogP contribution in [0, 0.1) is 0 Å². The van der Waals surface area contributed by atoms with Gasteiger partial charge in [-0.05, 0) is 30.4 Å². The maximum absolute atomic E-state index is 13.9. The van der Waals surface area contributed by atoms with Crippen LogP contribution in [0.25, 0.3) is 10.4 Å². The molecule has 3 aliphatic rings. The van der Waals surface area contributed by atoms with Crippen molar-refractivity contribution in [2.75, 3.05) is 53.8 Å². The zero-order chi connectivity index (χ0) is 59.1. The molecule has 27 nitrogen and oxygen atoms in total. The number of rotatable bonds is 37. The third-order valence-corrected chi connectivity index (χ3v) is 13.9. The summed E-state index contributed by atoms with van der Waals surface area (Å²) in [7, 11) is 8.03. The van der Waals surface area contributed by atoms with Crippen LogP contribution in [0.4, 0.5) is 4.79 Å². The molecule has 0 aliphatic carbocycles. The van der Waals surface area contributed by atoms with E-state index in [4.69, 9.17) is 78.9 Å². The number of azide groups is 1. The van der Waals surface area contributed by atoms with Crippen LogP contribution in [0.15, 0.2) is 65.8 Å². The summed E-state index contributed by atoms with van der Waals surface area (Å²) in [6, 6.07) is 17.3. The van der Waals surface area contributed by atoms with Gasteiger partial charge in [0, 0.05) is 13.1 Å². The van der Waals surface area contributed by atoms with E-state index < -0.39 is 117 Å². The summed E-state index contributed by atoms with van der Waals surface area (Å²) >= 11 is 0. The van der Waals surface area contributed by atoms with Crippen LogP contribution in [-0.4, -0.2) is 199 Å². The monoisotopic (exact) mass is 1180 g/mol. The van der Waals surface area contributed by atoms with E-state index in [0.29, 0.717) is 58.0 Å². The van der Waals surface area contributed by atoms with Crippen molar-refractivity contribution in [1.29, 1.82) is 0 Å². The van der Waals surface area contributed by atoms with E-state index in [1.165, 1.54) is 0 Å². The van der Waals surface area contributed by atoms with Crippen LogP contribution in [0.2, 0.25) is 0 Å². The number of esters is 2.